The summed E-state index contributed by atoms with van der Waals surface area (Å²) in [7, 11) is -2.75. The summed E-state index contributed by atoms with van der Waals surface area (Å²) in [6.07, 6.45) is 0.336. The van der Waals surface area contributed by atoms with Gasteiger partial charge in [-0.15, -0.1) is 11.3 Å². The first-order chi connectivity index (χ1) is 17.2. The molecule has 0 fully saturated rings. The molecule has 0 radical (unpaired) electrons. The van der Waals surface area contributed by atoms with Gasteiger partial charge >= 0.3 is 0 Å². The van der Waals surface area contributed by atoms with Crippen LogP contribution in [0.25, 0.3) is 0 Å². The van der Waals surface area contributed by atoms with Crippen LogP contribution in [0, 0.1) is 10.1 Å². The molecule has 0 N–H and O–H groups in total. The molecular formula is C24H26ClN3O6S2. The van der Waals surface area contributed by atoms with Crippen LogP contribution in [0.15, 0.2) is 70.9 Å². The number of carbonyl (C=O) groups is 1. The molecule has 0 aliphatic rings. The van der Waals surface area contributed by atoms with Gasteiger partial charge in [0.1, 0.15) is 5.02 Å². The largest absolute Gasteiger partial charge is 0.385 e. The Hall–Kier alpha value is -2.83. The molecule has 0 atom stereocenters. The zero-order chi connectivity index (χ0) is 26.1. The number of thiophene rings is 1. The molecule has 0 unspecified atom stereocenters. The highest BCUT2D eigenvalue weighted by Crippen LogP contribution is 2.29. The Morgan fingerprint density at radius 2 is 1.86 bits per heavy atom. The number of ether oxygens (including phenoxy) is 1. The van der Waals surface area contributed by atoms with Crippen molar-refractivity contribution in [2.45, 2.75) is 24.4 Å². The molecule has 2 aromatic carbocycles. The van der Waals surface area contributed by atoms with Gasteiger partial charge in [-0.3, -0.25) is 14.9 Å². The molecule has 36 heavy (non-hydrogen) atoms. The van der Waals surface area contributed by atoms with E-state index in [0.717, 1.165) is 20.8 Å². The standard InChI is InChI=1S/C24H26ClN3O6S2/c1-34-13-6-12-27(36(32,33)21-10-11-22(25)23(15-21)28(30)31)18-24(29)26(17-20-9-5-14-35-20)16-19-7-3-2-4-8-19/h2-5,7-11,14-15H,6,12-13,16-18H2,1H3. The number of hydrogen-bond acceptors (Lipinski definition) is 7. The van der Waals surface area contributed by atoms with Crippen molar-refractivity contribution in [3.63, 3.8) is 0 Å². The number of carbonyl (C=O) groups excluding carboxylic acids is 1. The van der Waals surface area contributed by atoms with Crippen LogP contribution in [0.1, 0.15) is 16.9 Å². The summed E-state index contributed by atoms with van der Waals surface area (Å²) >= 11 is 7.37. The quantitative estimate of drug-likeness (QED) is 0.175. The highest BCUT2D eigenvalue weighted by molar-refractivity contribution is 7.89. The van der Waals surface area contributed by atoms with Gasteiger partial charge in [0.2, 0.25) is 15.9 Å². The number of halogens is 1. The summed E-state index contributed by atoms with van der Waals surface area (Å²) in [5.74, 6) is -0.392. The van der Waals surface area contributed by atoms with Crippen molar-refractivity contribution >= 4 is 44.6 Å². The van der Waals surface area contributed by atoms with Crippen molar-refractivity contribution in [1.82, 2.24) is 9.21 Å². The number of benzene rings is 2. The van der Waals surface area contributed by atoms with E-state index < -0.39 is 33.1 Å². The van der Waals surface area contributed by atoms with E-state index in [1.807, 2.05) is 47.8 Å². The van der Waals surface area contributed by atoms with Crippen LogP contribution in [0.2, 0.25) is 5.02 Å². The van der Waals surface area contributed by atoms with Crippen molar-refractivity contribution in [2.75, 3.05) is 26.8 Å². The fraction of sp³-hybridized carbons (Fsp3) is 0.292. The number of nitrogens with zero attached hydrogens (tertiary/aromatic N) is 3. The van der Waals surface area contributed by atoms with Crippen molar-refractivity contribution in [2.24, 2.45) is 0 Å². The number of sulfonamides is 1. The zero-order valence-electron chi connectivity index (χ0n) is 19.6. The smallest absolute Gasteiger partial charge is 0.289 e. The van der Waals surface area contributed by atoms with E-state index >= 15 is 0 Å². The average molecular weight is 552 g/mol. The third kappa shape index (κ3) is 7.34. The number of amides is 1. The van der Waals surface area contributed by atoms with Gasteiger partial charge in [-0.25, -0.2) is 8.42 Å². The highest BCUT2D eigenvalue weighted by atomic mass is 35.5. The SMILES string of the molecule is COCCCN(CC(=O)N(Cc1ccccc1)Cc1cccs1)S(=O)(=O)c1ccc(Cl)c([N+](=O)[O-])c1. The Morgan fingerprint density at radius 1 is 1.11 bits per heavy atom. The van der Waals surface area contributed by atoms with Gasteiger partial charge in [-0.05, 0) is 35.6 Å². The van der Waals surface area contributed by atoms with Crippen LogP contribution >= 0.6 is 22.9 Å². The highest BCUT2D eigenvalue weighted by Gasteiger charge is 2.30. The summed E-state index contributed by atoms with van der Waals surface area (Å²) in [5, 5.41) is 13.0. The summed E-state index contributed by atoms with van der Waals surface area (Å²) < 4.78 is 33.1. The van der Waals surface area contributed by atoms with Crippen LogP contribution in [-0.2, 0) is 32.6 Å². The van der Waals surface area contributed by atoms with E-state index in [2.05, 4.69) is 0 Å². The molecule has 192 valence electrons. The predicted molar refractivity (Wildman–Crippen MR) is 138 cm³/mol. The van der Waals surface area contributed by atoms with Gasteiger partial charge in [0.25, 0.3) is 5.69 Å². The number of rotatable bonds is 13. The summed E-state index contributed by atoms with van der Waals surface area (Å²) in [6, 6.07) is 16.5. The van der Waals surface area contributed by atoms with Crippen LogP contribution in [0.4, 0.5) is 5.69 Å². The monoisotopic (exact) mass is 551 g/mol. The van der Waals surface area contributed by atoms with Crippen molar-refractivity contribution in [3.8, 4) is 0 Å². The van der Waals surface area contributed by atoms with Crippen LogP contribution < -0.4 is 0 Å². The molecule has 0 aliphatic heterocycles. The molecule has 12 heteroatoms. The van der Waals surface area contributed by atoms with Crippen molar-refractivity contribution < 1.29 is 22.9 Å². The molecule has 3 rings (SSSR count). The van der Waals surface area contributed by atoms with Crippen LogP contribution in [-0.4, -0.2) is 55.3 Å². The minimum absolute atomic E-state index is 0.00346. The van der Waals surface area contributed by atoms with E-state index in [-0.39, 0.29) is 23.1 Å². The lowest BCUT2D eigenvalue weighted by atomic mass is 10.2. The fourth-order valence-electron chi connectivity index (χ4n) is 3.49. The molecule has 3 aromatic rings. The van der Waals surface area contributed by atoms with E-state index in [1.165, 1.54) is 30.6 Å². The summed E-state index contributed by atoms with van der Waals surface area (Å²) in [5.41, 5.74) is 0.383. The van der Waals surface area contributed by atoms with Gasteiger partial charge in [-0.2, -0.15) is 4.31 Å². The molecular weight excluding hydrogens is 526 g/mol. The Labute approximate surface area is 219 Å². The van der Waals surface area contributed by atoms with Gasteiger partial charge in [-0.1, -0.05) is 48.0 Å². The third-order valence-electron chi connectivity index (χ3n) is 5.32. The Kier molecular flexibility index (Phi) is 9.97. The Morgan fingerprint density at radius 3 is 2.50 bits per heavy atom. The minimum atomic E-state index is -4.25. The van der Waals surface area contributed by atoms with Crippen LogP contribution in [0.5, 0.6) is 0 Å². The first-order valence-electron chi connectivity index (χ1n) is 11.0. The first kappa shape index (κ1) is 27.8. The Balaban J connectivity index is 1.90. The number of methoxy groups -OCH3 is 1. The second-order valence-electron chi connectivity index (χ2n) is 7.87. The molecule has 9 nitrogen and oxygen atoms in total. The second kappa shape index (κ2) is 12.9. The lowest BCUT2D eigenvalue weighted by molar-refractivity contribution is -0.384. The second-order valence-corrected chi connectivity index (χ2v) is 11.2. The van der Waals surface area contributed by atoms with Crippen molar-refractivity contribution in [3.05, 3.63) is 91.6 Å². The van der Waals surface area contributed by atoms with E-state index in [1.54, 1.807) is 4.90 Å². The molecule has 0 saturated carbocycles. The summed E-state index contributed by atoms with van der Waals surface area (Å²) in [6.45, 7) is 0.473. The maximum atomic E-state index is 13.5. The fourth-order valence-corrected chi connectivity index (χ4v) is 5.84. The lowest BCUT2D eigenvalue weighted by Crippen LogP contribution is -2.43. The van der Waals surface area contributed by atoms with Gasteiger partial charge in [0, 0.05) is 37.7 Å². The number of hydrogen-bond donors (Lipinski definition) is 0. The minimum Gasteiger partial charge on any atom is -0.385 e. The molecule has 0 spiro atoms. The average Bonchev–Trinajstić information content (AvgIpc) is 3.37. The topological polar surface area (TPSA) is 110 Å². The maximum absolute atomic E-state index is 13.5. The van der Waals surface area contributed by atoms with E-state index in [9.17, 15) is 23.3 Å². The number of nitro benzene ring substituents is 1. The first-order valence-corrected chi connectivity index (χ1v) is 13.7. The summed E-state index contributed by atoms with van der Waals surface area (Å²) in [4.78, 5) is 26.3. The maximum Gasteiger partial charge on any atom is 0.289 e. The molecule has 0 saturated heterocycles. The zero-order valence-corrected chi connectivity index (χ0v) is 22.0. The lowest BCUT2D eigenvalue weighted by Gasteiger charge is -2.27. The van der Waals surface area contributed by atoms with E-state index in [4.69, 9.17) is 16.3 Å². The third-order valence-corrected chi connectivity index (χ3v) is 8.34. The van der Waals surface area contributed by atoms with Crippen molar-refractivity contribution in [1.29, 1.82) is 0 Å². The molecule has 1 heterocycles. The molecule has 0 aliphatic carbocycles. The number of nitro groups is 1. The van der Waals surface area contributed by atoms with Gasteiger partial charge < -0.3 is 9.64 Å². The van der Waals surface area contributed by atoms with Gasteiger partial charge in [0.05, 0.1) is 22.9 Å². The van der Waals surface area contributed by atoms with Gasteiger partial charge in [0.15, 0.2) is 0 Å². The molecule has 1 amide bonds. The van der Waals surface area contributed by atoms with E-state index in [0.29, 0.717) is 19.5 Å². The molecule has 0 bridgehead atoms. The molecule has 1 aromatic heterocycles. The Bertz CT molecular complexity index is 1270. The van der Waals surface area contributed by atoms with Crippen LogP contribution in [0.3, 0.4) is 0 Å². The predicted octanol–water partition coefficient (Wildman–Crippen LogP) is 4.57. The normalized spacial score (nSPS) is 11.5.